The van der Waals surface area contributed by atoms with E-state index in [-0.39, 0.29) is 5.91 Å². The minimum absolute atomic E-state index is 0.271. The Balaban J connectivity index is 2.18. The van der Waals surface area contributed by atoms with Gasteiger partial charge in [0.1, 0.15) is 0 Å². The zero-order valence-electron chi connectivity index (χ0n) is 9.78. The summed E-state index contributed by atoms with van der Waals surface area (Å²) in [5.74, 6) is 4.98. The lowest BCUT2D eigenvalue weighted by Gasteiger charge is -2.08. The van der Waals surface area contributed by atoms with E-state index in [0.29, 0.717) is 21.3 Å². The number of hydrogen-bond acceptors (Lipinski definition) is 3. The molecule has 0 bridgehead atoms. The van der Waals surface area contributed by atoms with Crippen molar-refractivity contribution in [3.05, 3.63) is 58.1 Å². The molecule has 0 radical (unpaired) electrons. The highest BCUT2D eigenvalue weighted by Crippen LogP contribution is 2.29. The van der Waals surface area contributed by atoms with E-state index in [1.807, 2.05) is 0 Å². The smallest absolute Gasteiger partial charge is 0.255 e. The molecule has 4 N–H and O–H groups in total. The topological polar surface area (TPSA) is 67.1 Å². The molecular weight excluding hydrogens is 285 g/mol. The highest BCUT2D eigenvalue weighted by Gasteiger charge is 2.10. The van der Waals surface area contributed by atoms with Gasteiger partial charge < -0.3 is 10.7 Å². The van der Waals surface area contributed by atoms with Crippen LogP contribution in [0.5, 0.6) is 0 Å². The lowest BCUT2D eigenvalue weighted by atomic mass is 10.2. The van der Waals surface area contributed by atoms with E-state index >= 15 is 0 Å². The number of hydrogen-bond donors (Lipinski definition) is 3. The average molecular weight is 296 g/mol. The molecule has 19 heavy (non-hydrogen) atoms. The summed E-state index contributed by atoms with van der Waals surface area (Å²) in [5, 5.41) is 3.41. The van der Waals surface area contributed by atoms with Gasteiger partial charge in [-0.1, -0.05) is 29.3 Å². The van der Waals surface area contributed by atoms with Gasteiger partial charge >= 0.3 is 0 Å². The van der Waals surface area contributed by atoms with Crippen molar-refractivity contribution >= 4 is 40.5 Å². The number of nitrogens with one attached hydrogen (secondary N) is 2. The molecule has 2 aromatic carbocycles. The Morgan fingerprint density at radius 1 is 1.05 bits per heavy atom. The first-order chi connectivity index (χ1) is 9.11. The van der Waals surface area contributed by atoms with Crippen LogP contribution in [0.15, 0.2) is 42.5 Å². The summed E-state index contributed by atoms with van der Waals surface area (Å²) in [7, 11) is 0. The van der Waals surface area contributed by atoms with Crippen molar-refractivity contribution in [2.45, 2.75) is 0 Å². The zero-order valence-corrected chi connectivity index (χ0v) is 11.3. The van der Waals surface area contributed by atoms with Gasteiger partial charge in [-0.15, -0.1) is 0 Å². The van der Waals surface area contributed by atoms with Crippen molar-refractivity contribution in [1.82, 2.24) is 0 Å². The van der Waals surface area contributed by atoms with Crippen LogP contribution in [-0.4, -0.2) is 5.91 Å². The number of amides is 1. The summed E-state index contributed by atoms with van der Waals surface area (Å²) >= 11 is 11.9. The molecule has 4 nitrogen and oxygen atoms in total. The van der Waals surface area contributed by atoms with Crippen molar-refractivity contribution in [3.63, 3.8) is 0 Å². The van der Waals surface area contributed by atoms with Crippen LogP contribution in [0.3, 0.4) is 0 Å². The molecule has 0 fully saturated rings. The number of carbonyl (C=O) groups is 1. The second-order valence-corrected chi connectivity index (χ2v) is 4.56. The third-order valence-corrected chi connectivity index (χ3v) is 3.33. The number of hydrazine groups is 1. The Labute approximate surface area is 120 Å². The minimum atomic E-state index is -0.271. The number of halogens is 2. The SMILES string of the molecule is NNc1ccc(C(=O)Nc2cccc(Cl)c2Cl)cc1. The van der Waals surface area contributed by atoms with Crippen LogP contribution < -0.4 is 16.6 Å². The van der Waals surface area contributed by atoms with Crippen molar-refractivity contribution in [2.24, 2.45) is 5.84 Å². The van der Waals surface area contributed by atoms with E-state index in [1.165, 1.54) is 0 Å². The molecule has 0 aliphatic heterocycles. The molecule has 2 aromatic rings. The molecule has 0 spiro atoms. The average Bonchev–Trinajstić information content (AvgIpc) is 2.44. The molecule has 0 saturated heterocycles. The predicted octanol–water partition coefficient (Wildman–Crippen LogP) is 3.53. The molecule has 98 valence electrons. The largest absolute Gasteiger partial charge is 0.324 e. The Bertz CT molecular complexity index is 599. The fraction of sp³-hybridized carbons (Fsp3) is 0. The number of nitrogens with two attached hydrogens (primary N) is 1. The van der Waals surface area contributed by atoms with Crippen molar-refractivity contribution in [2.75, 3.05) is 10.7 Å². The van der Waals surface area contributed by atoms with E-state index in [0.717, 1.165) is 5.69 Å². The Hall–Kier alpha value is -1.75. The minimum Gasteiger partial charge on any atom is -0.324 e. The van der Waals surface area contributed by atoms with Gasteiger partial charge in [-0.3, -0.25) is 10.6 Å². The fourth-order valence-electron chi connectivity index (χ4n) is 1.51. The standard InChI is InChI=1S/C13H11Cl2N3O/c14-10-2-1-3-11(12(10)15)17-13(19)8-4-6-9(18-16)7-5-8/h1-7,18H,16H2,(H,17,19). The number of benzene rings is 2. The molecule has 0 aromatic heterocycles. The van der Waals surface area contributed by atoms with Gasteiger partial charge in [0.2, 0.25) is 0 Å². The van der Waals surface area contributed by atoms with Gasteiger partial charge in [0.15, 0.2) is 0 Å². The first-order valence-corrected chi connectivity index (χ1v) is 6.19. The summed E-state index contributed by atoms with van der Waals surface area (Å²) in [6, 6.07) is 11.8. The zero-order chi connectivity index (χ0) is 13.8. The Kier molecular flexibility index (Phi) is 4.27. The molecule has 0 aliphatic carbocycles. The molecule has 0 atom stereocenters. The summed E-state index contributed by atoms with van der Waals surface area (Å²) in [4.78, 5) is 12.0. The van der Waals surface area contributed by atoms with Gasteiger partial charge in [-0.05, 0) is 36.4 Å². The van der Waals surface area contributed by atoms with E-state index in [4.69, 9.17) is 29.0 Å². The van der Waals surface area contributed by atoms with Crippen LogP contribution in [0.2, 0.25) is 10.0 Å². The van der Waals surface area contributed by atoms with E-state index in [9.17, 15) is 4.79 Å². The Morgan fingerprint density at radius 3 is 2.37 bits per heavy atom. The molecule has 0 aliphatic rings. The quantitative estimate of drug-likeness (QED) is 0.599. The van der Waals surface area contributed by atoms with Gasteiger partial charge in [0.05, 0.1) is 15.7 Å². The summed E-state index contributed by atoms with van der Waals surface area (Å²) < 4.78 is 0. The van der Waals surface area contributed by atoms with Gasteiger partial charge in [0.25, 0.3) is 5.91 Å². The van der Waals surface area contributed by atoms with Crippen LogP contribution in [0, 0.1) is 0 Å². The molecule has 6 heteroatoms. The monoisotopic (exact) mass is 295 g/mol. The van der Waals surface area contributed by atoms with E-state index in [1.54, 1.807) is 42.5 Å². The predicted molar refractivity (Wildman–Crippen MR) is 78.7 cm³/mol. The third-order valence-electron chi connectivity index (χ3n) is 2.51. The molecule has 0 saturated carbocycles. The maximum atomic E-state index is 12.0. The summed E-state index contributed by atoms with van der Waals surface area (Å²) in [6.07, 6.45) is 0. The van der Waals surface area contributed by atoms with Crippen molar-refractivity contribution in [1.29, 1.82) is 0 Å². The first-order valence-electron chi connectivity index (χ1n) is 5.44. The normalized spacial score (nSPS) is 10.1. The molecule has 1 amide bonds. The van der Waals surface area contributed by atoms with Crippen molar-refractivity contribution < 1.29 is 4.79 Å². The first kappa shape index (κ1) is 13.7. The number of anilines is 2. The maximum absolute atomic E-state index is 12.0. The number of nitrogen functional groups attached to an aromatic ring is 1. The van der Waals surface area contributed by atoms with Crippen LogP contribution in [-0.2, 0) is 0 Å². The summed E-state index contributed by atoms with van der Waals surface area (Å²) in [5.41, 5.74) is 4.18. The van der Waals surface area contributed by atoms with E-state index < -0.39 is 0 Å². The van der Waals surface area contributed by atoms with Crippen LogP contribution in [0.25, 0.3) is 0 Å². The van der Waals surface area contributed by atoms with Gasteiger partial charge in [-0.2, -0.15) is 0 Å². The number of carbonyl (C=O) groups excluding carboxylic acids is 1. The second kappa shape index (κ2) is 5.93. The van der Waals surface area contributed by atoms with E-state index in [2.05, 4.69) is 10.7 Å². The third kappa shape index (κ3) is 3.17. The Morgan fingerprint density at radius 2 is 1.74 bits per heavy atom. The van der Waals surface area contributed by atoms with Crippen LogP contribution in [0.4, 0.5) is 11.4 Å². The molecule has 0 unspecified atom stereocenters. The fourth-order valence-corrected chi connectivity index (χ4v) is 1.86. The van der Waals surface area contributed by atoms with Crippen LogP contribution in [0.1, 0.15) is 10.4 Å². The molecule has 0 heterocycles. The van der Waals surface area contributed by atoms with Crippen molar-refractivity contribution in [3.8, 4) is 0 Å². The highest BCUT2D eigenvalue weighted by molar-refractivity contribution is 6.44. The van der Waals surface area contributed by atoms with Crippen LogP contribution >= 0.6 is 23.2 Å². The van der Waals surface area contributed by atoms with Gasteiger partial charge in [0, 0.05) is 11.3 Å². The lowest BCUT2D eigenvalue weighted by molar-refractivity contribution is 0.102. The number of rotatable bonds is 3. The van der Waals surface area contributed by atoms with Gasteiger partial charge in [-0.25, -0.2) is 0 Å². The molecular formula is C13H11Cl2N3O. The summed E-state index contributed by atoms with van der Waals surface area (Å²) in [6.45, 7) is 0. The highest BCUT2D eigenvalue weighted by atomic mass is 35.5. The maximum Gasteiger partial charge on any atom is 0.255 e. The second-order valence-electron chi connectivity index (χ2n) is 3.78. The lowest BCUT2D eigenvalue weighted by Crippen LogP contribution is -2.13. The molecule has 2 rings (SSSR count).